The third-order valence-corrected chi connectivity index (χ3v) is 6.27. The van der Waals surface area contributed by atoms with Crippen LogP contribution in [0, 0.1) is 21.7 Å². The molecule has 0 aliphatic heterocycles. The third kappa shape index (κ3) is 11.2. The van der Waals surface area contributed by atoms with Gasteiger partial charge in [-0.05, 0) is 30.1 Å². The summed E-state index contributed by atoms with van der Waals surface area (Å²) in [7, 11) is 1.64. The number of Topliss-reactive ketones (excluding diaryl/α,β-unsaturated/α-hetero) is 1. The van der Waals surface area contributed by atoms with Gasteiger partial charge in [-0.1, -0.05) is 75.2 Å². The van der Waals surface area contributed by atoms with Gasteiger partial charge in [0, 0.05) is 30.8 Å². The first-order valence-electron chi connectivity index (χ1n) is 11.3. The van der Waals surface area contributed by atoms with E-state index in [1.54, 1.807) is 7.11 Å². The van der Waals surface area contributed by atoms with E-state index >= 15 is 0 Å². The standard InChI is InChI=1S/C25H48O4/c1-11-22(3,4)16-25(9,17-23(5,6)12-2)20(26)14-13-15-21(27)29-19-24(7,8)18-28-10/h11-19H2,1-10H3. The van der Waals surface area contributed by atoms with Crippen molar-refractivity contribution in [2.24, 2.45) is 21.7 Å². The lowest BCUT2D eigenvalue weighted by Crippen LogP contribution is -2.37. The van der Waals surface area contributed by atoms with E-state index in [0.29, 0.717) is 32.5 Å². The second kappa shape index (κ2) is 11.5. The number of hydrogen-bond donors (Lipinski definition) is 0. The molecule has 0 aromatic rings. The average Bonchev–Trinajstić information content (AvgIpc) is 2.59. The Labute approximate surface area is 180 Å². The van der Waals surface area contributed by atoms with Gasteiger partial charge in [-0.3, -0.25) is 9.59 Å². The molecular weight excluding hydrogens is 364 g/mol. The second-order valence-electron chi connectivity index (χ2n) is 11.5. The molecule has 0 radical (unpaired) electrons. The third-order valence-electron chi connectivity index (χ3n) is 6.27. The van der Waals surface area contributed by atoms with E-state index in [1.807, 2.05) is 13.8 Å². The molecule has 4 nitrogen and oxygen atoms in total. The largest absolute Gasteiger partial charge is 0.465 e. The first-order chi connectivity index (χ1) is 13.1. The summed E-state index contributed by atoms with van der Waals surface area (Å²) in [6, 6.07) is 0. The number of hydrogen-bond acceptors (Lipinski definition) is 4. The molecule has 4 heteroatoms. The van der Waals surface area contributed by atoms with Gasteiger partial charge in [-0.25, -0.2) is 0 Å². The van der Waals surface area contributed by atoms with Gasteiger partial charge in [0.1, 0.15) is 5.78 Å². The molecule has 0 amide bonds. The fourth-order valence-corrected chi connectivity index (χ4v) is 4.10. The molecule has 0 aromatic heterocycles. The van der Waals surface area contributed by atoms with Crippen molar-refractivity contribution in [1.29, 1.82) is 0 Å². The fourth-order valence-electron chi connectivity index (χ4n) is 4.10. The molecule has 0 unspecified atom stereocenters. The van der Waals surface area contributed by atoms with E-state index in [1.165, 1.54) is 0 Å². The smallest absolute Gasteiger partial charge is 0.305 e. The van der Waals surface area contributed by atoms with Gasteiger partial charge < -0.3 is 9.47 Å². The van der Waals surface area contributed by atoms with Gasteiger partial charge in [0.2, 0.25) is 0 Å². The Morgan fingerprint density at radius 3 is 1.62 bits per heavy atom. The van der Waals surface area contributed by atoms with Crippen molar-refractivity contribution in [3.05, 3.63) is 0 Å². The zero-order valence-electron chi connectivity index (χ0n) is 21.0. The summed E-state index contributed by atoms with van der Waals surface area (Å²) in [6.07, 6.45) is 5.14. The van der Waals surface area contributed by atoms with Crippen LogP contribution >= 0.6 is 0 Å². The summed E-state index contributed by atoms with van der Waals surface area (Å²) in [4.78, 5) is 25.4. The van der Waals surface area contributed by atoms with Gasteiger partial charge in [0.15, 0.2) is 0 Å². The Bertz CT molecular complexity index is 499. The molecule has 29 heavy (non-hydrogen) atoms. The van der Waals surface area contributed by atoms with E-state index in [9.17, 15) is 9.59 Å². The van der Waals surface area contributed by atoms with Crippen LogP contribution in [0.2, 0.25) is 0 Å². The van der Waals surface area contributed by atoms with Crippen molar-refractivity contribution >= 4 is 11.8 Å². The molecule has 0 rings (SSSR count). The van der Waals surface area contributed by atoms with Crippen LogP contribution in [0.15, 0.2) is 0 Å². The lowest BCUT2D eigenvalue weighted by atomic mass is 9.63. The summed E-state index contributed by atoms with van der Waals surface area (Å²) >= 11 is 0. The number of esters is 1. The van der Waals surface area contributed by atoms with E-state index < -0.39 is 0 Å². The predicted octanol–water partition coefficient (Wildman–Crippen LogP) is 6.60. The van der Waals surface area contributed by atoms with Crippen LogP contribution in [0.25, 0.3) is 0 Å². The van der Waals surface area contributed by atoms with E-state index in [0.717, 1.165) is 25.7 Å². The molecule has 0 fully saturated rings. The number of carbonyl (C=O) groups is 2. The Morgan fingerprint density at radius 2 is 1.21 bits per heavy atom. The van der Waals surface area contributed by atoms with Gasteiger partial charge >= 0.3 is 5.97 Å². The van der Waals surface area contributed by atoms with Gasteiger partial charge in [0.05, 0.1) is 13.2 Å². The van der Waals surface area contributed by atoms with Gasteiger partial charge in [-0.2, -0.15) is 0 Å². The minimum Gasteiger partial charge on any atom is -0.465 e. The predicted molar refractivity (Wildman–Crippen MR) is 121 cm³/mol. The minimum absolute atomic E-state index is 0.125. The molecule has 0 heterocycles. The Hall–Kier alpha value is -0.900. The Kier molecular flexibility index (Phi) is 11.1. The monoisotopic (exact) mass is 412 g/mol. The van der Waals surface area contributed by atoms with E-state index in [2.05, 4.69) is 48.5 Å². The Balaban J connectivity index is 4.88. The number of ketones is 1. The molecule has 0 aromatic carbocycles. The molecule has 0 aliphatic carbocycles. The first kappa shape index (κ1) is 28.1. The molecule has 0 saturated carbocycles. The average molecular weight is 413 g/mol. The van der Waals surface area contributed by atoms with Crippen molar-refractivity contribution in [1.82, 2.24) is 0 Å². The van der Waals surface area contributed by atoms with Crippen molar-refractivity contribution in [2.75, 3.05) is 20.3 Å². The van der Waals surface area contributed by atoms with Crippen molar-refractivity contribution in [3.8, 4) is 0 Å². The topological polar surface area (TPSA) is 52.6 Å². The van der Waals surface area contributed by atoms with Gasteiger partial charge in [0.25, 0.3) is 0 Å². The lowest BCUT2D eigenvalue weighted by molar-refractivity contribution is -0.148. The highest BCUT2D eigenvalue weighted by Gasteiger charge is 2.40. The maximum atomic E-state index is 13.3. The molecule has 172 valence electrons. The van der Waals surface area contributed by atoms with Crippen LogP contribution in [0.3, 0.4) is 0 Å². The summed E-state index contributed by atoms with van der Waals surface area (Å²) in [5, 5.41) is 0. The number of ether oxygens (including phenoxy) is 2. The second-order valence-corrected chi connectivity index (χ2v) is 11.5. The van der Waals surface area contributed by atoms with Crippen LogP contribution in [0.1, 0.15) is 107 Å². The zero-order chi connectivity index (χ0) is 22.9. The van der Waals surface area contributed by atoms with Crippen LogP contribution in [0.4, 0.5) is 0 Å². The highest BCUT2D eigenvalue weighted by Crippen LogP contribution is 2.46. The summed E-state index contributed by atoms with van der Waals surface area (Å²) in [6.45, 7) is 20.4. The molecule has 0 atom stereocenters. The fraction of sp³-hybridized carbons (Fsp3) is 0.920. The quantitative estimate of drug-likeness (QED) is 0.284. The number of carbonyl (C=O) groups excluding carboxylic acids is 2. The maximum absolute atomic E-state index is 13.3. The maximum Gasteiger partial charge on any atom is 0.305 e. The Morgan fingerprint density at radius 1 is 0.724 bits per heavy atom. The van der Waals surface area contributed by atoms with Crippen molar-refractivity contribution in [3.63, 3.8) is 0 Å². The molecule has 0 spiro atoms. The molecule has 0 N–H and O–H groups in total. The molecule has 0 bridgehead atoms. The van der Waals surface area contributed by atoms with Crippen molar-refractivity contribution in [2.45, 2.75) is 107 Å². The number of methoxy groups -OCH3 is 1. The number of rotatable bonds is 15. The van der Waals surface area contributed by atoms with Crippen LogP contribution in [-0.2, 0) is 19.1 Å². The van der Waals surface area contributed by atoms with Crippen LogP contribution < -0.4 is 0 Å². The summed E-state index contributed by atoms with van der Waals surface area (Å²) in [5.74, 6) is 0.0551. The normalized spacial score (nSPS) is 13.4. The lowest BCUT2D eigenvalue weighted by Gasteiger charge is -2.41. The van der Waals surface area contributed by atoms with E-state index in [-0.39, 0.29) is 33.4 Å². The summed E-state index contributed by atoms with van der Waals surface area (Å²) < 4.78 is 10.5. The summed E-state index contributed by atoms with van der Waals surface area (Å²) in [5.41, 5.74) is -0.306. The van der Waals surface area contributed by atoms with Crippen LogP contribution in [-0.4, -0.2) is 32.1 Å². The van der Waals surface area contributed by atoms with Crippen LogP contribution in [0.5, 0.6) is 0 Å². The van der Waals surface area contributed by atoms with Crippen molar-refractivity contribution < 1.29 is 19.1 Å². The van der Waals surface area contributed by atoms with E-state index in [4.69, 9.17) is 9.47 Å². The zero-order valence-corrected chi connectivity index (χ0v) is 21.0. The molecule has 0 saturated heterocycles. The SMILES string of the molecule is CCC(C)(C)CC(C)(CC(C)(C)CC)C(=O)CCCC(=O)OCC(C)(C)COC. The molecular formula is C25H48O4. The molecule has 0 aliphatic rings. The minimum atomic E-state index is -0.358. The highest BCUT2D eigenvalue weighted by atomic mass is 16.5. The first-order valence-corrected chi connectivity index (χ1v) is 11.3. The highest BCUT2D eigenvalue weighted by molar-refractivity contribution is 5.85. The van der Waals surface area contributed by atoms with Gasteiger partial charge in [-0.15, -0.1) is 0 Å².